The fourth-order valence-corrected chi connectivity index (χ4v) is 1.94. The van der Waals surface area contributed by atoms with Gasteiger partial charge in [0, 0.05) is 11.5 Å². The van der Waals surface area contributed by atoms with Gasteiger partial charge in [-0.2, -0.15) is 0 Å². The van der Waals surface area contributed by atoms with Crippen molar-refractivity contribution in [1.82, 2.24) is 5.32 Å². The molecule has 1 unspecified atom stereocenters. The Morgan fingerprint density at radius 2 is 1.61 bits per heavy atom. The third kappa shape index (κ3) is 9.49. The van der Waals surface area contributed by atoms with E-state index >= 15 is 0 Å². The third-order valence-corrected chi connectivity index (χ3v) is 3.02. The average Bonchev–Trinajstić information content (AvgIpc) is 2.13. The van der Waals surface area contributed by atoms with Crippen LogP contribution in [0.1, 0.15) is 80.6 Å². The molecule has 0 aromatic rings. The van der Waals surface area contributed by atoms with Crippen molar-refractivity contribution >= 4 is 5.91 Å². The summed E-state index contributed by atoms with van der Waals surface area (Å²) in [5.41, 5.74) is 0.190. The van der Waals surface area contributed by atoms with E-state index in [1.807, 2.05) is 20.8 Å². The molecule has 0 rings (SSSR count). The predicted molar refractivity (Wildman–Crippen MR) is 79.6 cm³/mol. The first-order valence-electron chi connectivity index (χ1n) is 7.37. The Kier molecular flexibility index (Phi) is 6.94. The molecule has 1 atom stereocenters. The van der Waals surface area contributed by atoms with E-state index in [-0.39, 0.29) is 17.4 Å². The Hall–Kier alpha value is -0.530. The van der Waals surface area contributed by atoms with E-state index in [9.17, 15) is 4.79 Å². The van der Waals surface area contributed by atoms with Crippen LogP contribution < -0.4 is 5.32 Å². The van der Waals surface area contributed by atoms with E-state index in [1.165, 1.54) is 0 Å². The van der Waals surface area contributed by atoms with Crippen molar-refractivity contribution < 1.29 is 4.79 Å². The van der Waals surface area contributed by atoms with Crippen LogP contribution in [-0.2, 0) is 4.79 Å². The van der Waals surface area contributed by atoms with Crippen LogP contribution >= 0.6 is 0 Å². The number of rotatable bonds is 6. The Morgan fingerprint density at radius 1 is 1.06 bits per heavy atom. The second-order valence-corrected chi connectivity index (χ2v) is 7.68. The van der Waals surface area contributed by atoms with E-state index in [1.54, 1.807) is 0 Å². The molecule has 0 aliphatic heterocycles. The highest BCUT2D eigenvalue weighted by molar-refractivity contribution is 5.79. The van der Waals surface area contributed by atoms with E-state index in [2.05, 4.69) is 33.0 Å². The molecule has 0 fully saturated rings. The highest BCUT2D eigenvalue weighted by Crippen LogP contribution is 2.26. The topological polar surface area (TPSA) is 29.1 Å². The molecule has 0 heterocycles. The second-order valence-electron chi connectivity index (χ2n) is 7.68. The first-order chi connectivity index (χ1) is 8.05. The molecule has 0 saturated carbocycles. The van der Waals surface area contributed by atoms with Crippen LogP contribution in [0.15, 0.2) is 0 Å². The zero-order valence-corrected chi connectivity index (χ0v) is 13.5. The molecule has 0 aliphatic carbocycles. The number of nitrogens with one attached hydrogen (secondary N) is 1. The van der Waals surface area contributed by atoms with E-state index in [0.717, 1.165) is 32.1 Å². The molecule has 0 bridgehead atoms. The molecule has 1 N–H and O–H groups in total. The van der Waals surface area contributed by atoms with Gasteiger partial charge in [-0.3, -0.25) is 4.79 Å². The first kappa shape index (κ1) is 17.5. The maximum atomic E-state index is 12.3. The molecule has 1 amide bonds. The van der Waals surface area contributed by atoms with E-state index in [0.29, 0.717) is 5.41 Å². The van der Waals surface area contributed by atoms with Gasteiger partial charge in [-0.1, -0.05) is 40.5 Å². The molecular formula is C16H33NO. The minimum absolute atomic E-state index is 0.122. The fourth-order valence-electron chi connectivity index (χ4n) is 1.94. The fraction of sp³-hybridized carbons (Fsp3) is 0.938. The van der Waals surface area contributed by atoms with Crippen LogP contribution in [0.2, 0.25) is 0 Å². The second kappa shape index (κ2) is 7.16. The van der Waals surface area contributed by atoms with E-state index < -0.39 is 0 Å². The Labute approximate surface area is 114 Å². The lowest BCUT2D eigenvalue weighted by atomic mass is 9.84. The number of amides is 1. The van der Waals surface area contributed by atoms with Crippen molar-refractivity contribution in [3.05, 3.63) is 0 Å². The number of hydrogen-bond acceptors (Lipinski definition) is 1. The molecule has 0 aliphatic rings. The number of carbonyl (C=O) groups is 1. The summed E-state index contributed by atoms with van der Waals surface area (Å²) in [6.45, 7) is 15.0. The van der Waals surface area contributed by atoms with Gasteiger partial charge in [-0.05, 0) is 45.4 Å². The lowest BCUT2D eigenvalue weighted by molar-refractivity contribution is -0.127. The largest absolute Gasteiger partial charge is 0.351 e. The molecule has 0 spiro atoms. The van der Waals surface area contributed by atoms with Gasteiger partial charge in [0.15, 0.2) is 0 Å². The number of unbranched alkanes of at least 4 members (excludes halogenated alkanes) is 1. The van der Waals surface area contributed by atoms with Gasteiger partial charge in [-0.15, -0.1) is 0 Å². The van der Waals surface area contributed by atoms with Crippen molar-refractivity contribution in [3.63, 3.8) is 0 Å². The summed E-state index contributed by atoms with van der Waals surface area (Å²) in [5, 5.41) is 3.13. The van der Waals surface area contributed by atoms with Crippen molar-refractivity contribution in [1.29, 1.82) is 0 Å². The van der Waals surface area contributed by atoms with Gasteiger partial charge >= 0.3 is 0 Å². The summed E-state index contributed by atoms with van der Waals surface area (Å²) in [6, 6.07) is 0. The summed E-state index contributed by atoms with van der Waals surface area (Å²) in [5.74, 6) is 0.420. The lowest BCUT2D eigenvalue weighted by Gasteiger charge is -2.27. The van der Waals surface area contributed by atoms with Crippen LogP contribution in [0.5, 0.6) is 0 Å². The predicted octanol–water partition coefficient (Wildman–Crippen LogP) is 4.53. The van der Waals surface area contributed by atoms with Crippen LogP contribution in [-0.4, -0.2) is 11.4 Å². The molecule has 108 valence electrons. The van der Waals surface area contributed by atoms with Crippen molar-refractivity contribution in [3.8, 4) is 0 Å². The van der Waals surface area contributed by atoms with Crippen LogP contribution in [0, 0.1) is 11.3 Å². The zero-order chi connectivity index (χ0) is 14.4. The van der Waals surface area contributed by atoms with E-state index in [4.69, 9.17) is 0 Å². The minimum Gasteiger partial charge on any atom is -0.351 e. The quantitative estimate of drug-likeness (QED) is 0.742. The molecule has 2 nitrogen and oxygen atoms in total. The third-order valence-electron chi connectivity index (χ3n) is 3.02. The van der Waals surface area contributed by atoms with Gasteiger partial charge in [0.1, 0.15) is 0 Å². The maximum absolute atomic E-state index is 12.3. The lowest BCUT2D eigenvalue weighted by Crippen LogP contribution is -2.44. The highest BCUT2D eigenvalue weighted by Gasteiger charge is 2.24. The number of hydrogen-bond donors (Lipinski definition) is 1. The minimum atomic E-state index is -0.122. The molecule has 18 heavy (non-hydrogen) atoms. The van der Waals surface area contributed by atoms with Crippen LogP contribution in [0.4, 0.5) is 0 Å². The molecule has 0 aromatic carbocycles. The van der Waals surface area contributed by atoms with Gasteiger partial charge in [0.2, 0.25) is 5.91 Å². The molecule has 0 aromatic heterocycles. The average molecular weight is 255 g/mol. The summed E-state index contributed by atoms with van der Waals surface area (Å²) in [6.07, 6.45) is 5.44. The van der Waals surface area contributed by atoms with Gasteiger partial charge in [0.25, 0.3) is 0 Å². The monoisotopic (exact) mass is 255 g/mol. The standard InChI is InChI=1S/C16H33NO/c1-8-9-10-13(11-12-15(2,3)4)14(18)17-16(5,6)7/h13H,8-12H2,1-7H3,(H,17,18). The molecule has 0 saturated heterocycles. The summed E-state index contributed by atoms with van der Waals surface area (Å²) in [4.78, 5) is 12.3. The summed E-state index contributed by atoms with van der Waals surface area (Å²) >= 11 is 0. The summed E-state index contributed by atoms with van der Waals surface area (Å²) in [7, 11) is 0. The van der Waals surface area contributed by atoms with Crippen LogP contribution in [0.3, 0.4) is 0 Å². The zero-order valence-electron chi connectivity index (χ0n) is 13.5. The maximum Gasteiger partial charge on any atom is 0.223 e. The van der Waals surface area contributed by atoms with Crippen LogP contribution in [0.25, 0.3) is 0 Å². The SMILES string of the molecule is CCCCC(CCC(C)(C)C)C(=O)NC(C)(C)C. The van der Waals surface area contributed by atoms with Gasteiger partial charge < -0.3 is 5.32 Å². The molecule has 2 heteroatoms. The Morgan fingerprint density at radius 3 is 2.00 bits per heavy atom. The first-order valence-corrected chi connectivity index (χ1v) is 7.37. The van der Waals surface area contributed by atoms with Crippen molar-refractivity contribution in [2.75, 3.05) is 0 Å². The van der Waals surface area contributed by atoms with Crippen molar-refractivity contribution in [2.24, 2.45) is 11.3 Å². The number of carbonyl (C=O) groups excluding carboxylic acids is 1. The van der Waals surface area contributed by atoms with Gasteiger partial charge in [0.05, 0.1) is 0 Å². The Balaban J connectivity index is 4.42. The van der Waals surface area contributed by atoms with Gasteiger partial charge in [-0.25, -0.2) is 0 Å². The highest BCUT2D eigenvalue weighted by atomic mass is 16.2. The Bertz CT molecular complexity index is 245. The summed E-state index contributed by atoms with van der Waals surface area (Å²) < 4.78 is 0. The normalized spacial score (nSPS) is 14.4. The molecule has 0 radical (unpaired) electrons. The smallest absolute Gasteiger partial charge is 0.223 e. The van der Waals surface area contributed by atoms with Crippen molar-refractivity contribution in [2.45, 2.75) is 86.1 Å². The molecular weight excluding hydrogens is 222 g/mol.